The number of aliphatic hydroxyl groups excluding tert-OH is 3. The number of hydrogen-bond donors (Lipinski definition) is 5. The molecule has 4 atom stereocenters. The molecule has 31 heavy (non-hydrogen) atoms. The number of imidazole rings is 1. The van der Waals surface area contributed by atoms with Crippen LogP contribution in [0.25, 0.3) is 11.2 Å². The Labute approximate surface area is 177 Å². The molecule has 4 rings (SSSR count). The van der Waals surface area contributed by atoms with Crippen LogP contribution in [0.4, 0.5) is 11.6 Å². The zero-order chi connectivity index (χ0) is 22.3. The van der Waals surface area contributed by atoms with Crippen LogP contribution in [0.5, 0.6) is 0 Å². The van der Waals surface area contributed by atoms with Crippen molar-refractivity contribution in [1.29, 1.82) is 0 Å². The number of thioether (sulfide) groups is 1. The highest BCUT2D eigenvalue weighted by atomic mass is 32.2. The molecule has 3 aromatic rings. The van der Waals surface area contributed by atoms with E-state index in [4.69, 9.17) is 10.5 Å². The quantitative estimate of drug-likeness (QED) is 0.184. The Balaban J connectivity index is 1.72. The van der Waals surface area contributed by atoms with E-state index in [1.165, 1.54) is 28.5 Å². The number of anilines is 1. The highest BCUT2D eigenvalue weighted by Crippen LogP contribution is 2.36. The van der Waals surface area contributed by atoms with E-state index in [-0.39, 0.29) is 28.0 Å². The van der Waals surface area contributed by atoms with Crippen LogP contribution in [0.2, 0.25) is 0 Å². The van der Waals surface area contributed by atoms with Gasteiger partial charge in [0.05, 0.1) is 11.5 Å². The molecule has 0 unspecified atom stereocenters. The SMILES string of the molecule is Nc1nc2c(nc(SCc3ccc([N+](=O)[O-])cc3)n2[C@H]2O[C@@H](CO)[C@H](O)[C@@H]2O)c(=O)[nH]1. The number of benzene rings is 1. The Morgan fingerprint density at radius 3 is 2.58 bits per heavy atom. The third-order valence-electron chi connectivity index (χ3n) is 4.82. The van der Waals surface area contributed by atoms with Crippen LogP contribution < -0.4 is 11.3 Å². The van der Waals surface area contributed by atoms with E-state index in [1.807, 2.05) is 0 Å². The lowest BCUT2D eigenvalue weighted by molar-refractivity contribution is -0.384. The van der Waals surface area contributed by atoms with E-state index in [2.05, 4.69) is 15.0 Å². The second kappa shape index (κ2) is 8.24. The van der Waals surface area contributed by atoms with Gasteiger partial charge >= 0.3 is 0 Å². The molecular weight excluding hydrogens is 432 g/mol. The number of non-ortho nitro benzene ring substituents is 1. The average Bonchev–Trinajstić information content (AvgIpc) is 3.24. The molecule has 1 aliphatic rings. The number of H-pyrrole nitrogens is 1. The lowest BCUT2D eigenvalue weighted by atomic mass is 10.1. The van der Waals surface area contributed by atoms with Gasteiger partial charge < -0.3 is 25.8 Å². The largest absolute Gasteiger partial charge is 0.394 e. The summed E-state index contributed by atoms with van der Waals surface area (Å²) < 4.78 is 6.94. The molecule has 0 spiro atoms. The lowest BCUT2D eigenvalue weighted by Crippen LogP contribution is -2.33. The van der Waals surface area contributed by atoms with Gasteiger partial charge in [-0.3, -0.25) is 24.5 Å². The van der Waals surface area contributed by atoms with Crippen LogP contribution in [0, 0.1) is 10.1 Å². The summed E-state index contributed by atoms with van der Waals surface area (Å²) in [5, 5.41) is 41.0. The zero-order valence-corrected chi connectivity index (χ0v) is 16.6. The number of aromatic amines is 1. The van der Waals surface area contributed by atoms with Crippen LogP contribution in [-0.4, -0.2) is 64.7 Å². The molecule has 0 aliphatic carbocycles. The van der Waals surface area contributed by atoms with Crippen LogP contribution in [-0.2, 0) is 10.5 Å². The molecule has 6 N–H and O–H groups in total. The van der Waals surface area contributed by atoms with Gasteiger partial charge in [-0.1, -0.05) is 23.9 Å². The van der Waals surface area contributed by atoms with E-state index < -0.39 is 41.6 Å². The van der Waals surface area contributed by atoms with Crippen molar-refractivity contribution < 1.29 is 25.0 Å². The van der Waals surface area contributed by atoms with E-state index in [0.717, 1.165) is 5.56 Å². The molecule has 0 amide bonds. The van der Waals surface area contributed by atoms with Gasteiger partial charge in [-0.25, -0.2) is 4.98 Å². The first kappa shape index (κ1) is 21.2. The molecule has 2 aromatic heterocycles. The molecule has 1 aliphatic heterocycles. The summed E-state index contributed by atoms with van der Waals surface area (Å²) in [6, 6.07) is 5.93. The van der Waals surface area contributed by atoms with Crippen molar-refractivity contribution in [3.8, 4) is 0 Å². The molecule has 0 saturated carbocycles. The second-order valence-corrected chi connectivity index (χ2v) is 7.77. The average molecular weight is 450 g/mol. The fraction of sp³-hybridized carbons (Fsp3) is 0.353. The zero-order valence-electron chi connectivity index (χ0n) is 15.8. The molecule has 1 aromatic carbocycles. The Bertz CT molecular complexity index is 1180. The second-order valence-electron chi connectivity index (χ2n) is 6.83. The smallest absolute Gasteiger partial charge is 0.280 e. The maximum Gasteiger partial charge on any atom is 0.280 e. The first-order chi connectivity index (χ1) is 14.8. The summed E-state index contributed by atoms with van der Waals surface area (Å²) in [7, 11) is 0. The summed E-state index contributed by atoms with van der Waals surface area (Å²) in [4.78, 5) is 33.3. The Morgan fingerprint density at radius 1 is 1.26 bits per heavy atom. The van der Waals surface area contributed by atoms with Crippen molar-refractivity contribution in [3.05, 3.63) is 50.3 Å². The van der Waals surface area contributed by atoms with Crippen molar-refractivity contribution in [3.63, 3.8) is 0 Å². The van der Waals surface area contributed by atoms with Crippen LogP contribution in [0.1, 0.15) is 11.8 Å². The predicted molar refractivity (Wildman–Crippen MR) is 108 cm³/mol. The molecule has 0 bridgehead atoms. The van der Waals surface area contributed by atoms with E-state index in [0.29, 0.717) is 5.75 Å². The number of ether oxygens (including phenoxy) is 1. The lowest BCUT2D eigenvalue weighted by Gasteiger charge is -2.19. The molecule has 1 saturated heterocycles. The van der Waals surface area contributed by atoms with Gasteiger partial charge in [0.1, 0.15) is 18.3 Å². The first-order valence-corrected chi connectivity index (χ1v) is 10.0. The molecule has 3 heterocycles. The molecule has 14 heteroatoms. The van der Waals surface area contributed by atoms with E-state index >= 15 is 0 Å². The Hall–Kier alpha value is -3.04. The van der Waals surface area contributed by atoms with Crippen molar-refractivity contribution >= 4 is 34.6 Å². The predicted octanol–water partition coefficient (Wildman–Crippen LogP) is -0.486. The first-order valence-electron chi connectivity index (χ1n) is 9.06. The van der Waals surface area contributed by atoms with Crippen LogP contribution in [0.3, 0.4) is 0 Å². The minimum Gasteiger partial charge on any atom is -0.394 e. The third kappa shape index (κ3) is 3.86. The maximum atomic E-state index is 12.3. The molecule has 164 valence electrons. The van der Waals surface area contributed by atoms with Crippen LogP contribution >= 0.6 is 11.8 Å². The Morgan fingerprint density at radius 2 is 1.97 bits per heavy atom. The van der Waals surface area contributed by atoms with Gasteiger partial charge in [0.25, 0.3) is 11.2 Å². The summed E-state index contributed by atoms with van der Waals surface area (Å²) >= 11 is 1.17. The molecular formula is C17H18N6O7S. The minimum atomic E-state index is -1.42. The van der Waals surface area contributed by atoms with Gasteiger partial charge in [-0.2, -0.15) is 4.98 Å². The molecule has 13 nitrogen and oxygen atoms in total. The van der Waals surface area contributed by atoms with Crippen molar-refractivity contribution in [2.24, 2.45) is 0 Å². The number of nitro benzene ring substituents is 1. The number of aliphatic hydroxyl groups is 3. The number of nitrogens with two attached hydrogens (primary N) is 1. The summed E-state index contributed by atoms with van der Waals surface area (Å²) in [6.45, 7) is -0.525. The Kier molecular flexibility index (Phi) is 5.63. The number of hydrogen-bond acceptors (Lipinski definition) is 11. The third-order valence-corrected chi connectivity index (χ3v) is 5.85. The standard InChI is InChI=1S/C17H18N6O7S/c18-16-20-13-10(14(27)21-16)19-17(22(13)15-12(26)11(25)9(5-24)30-15)31-6-7-1-3-8(4-2-7)23(28)29/h1-4,9,11-12,15,24-26H,5-6H2,(H3,18,20,21,27)/t9-,11-,12-,15-/m0/s1. The summed E-state index contributed by atoms with van der Waals surface area (Å²) in [6.07, 6.45) is -5.00. The number of fused-ring (bicyclic) bond motifs is 1. The number of nitrogen functional groups attached to an aromatic ring is 1. The number of aromatic nitrogens is 4. The molecule has 1 fully saturated rings. The number of nitrogens with zero attached hydrogens (tertiary/aromatic N) is 4. The van der Waals surface area contributed by atoms with Gasteiger partial charge in [0, 0.05) is 17.9 Å². The van der Waals surface area contributed by atoms with E-state index in [1.54, 1.807) is 12.1 Å². The molecule has 0 radical (unpaired) electrons. The maximum absolute atomic E-state index is 12.3. The highest BCUT2D eigenvalue weighted by molar-refractivity contribution is 7.98. The highest BCUT2D eigenvalue weighted by Gasteiger charge is 2.45. The van der Waals surface area contributed by atoms with Crippen molar-refractivity contribution in [2.75, 3.05) is 12.3 Å². The van der Waals surface area contributed by atoms with Crippen molar-refractivity contribution in [1.82, 2.24) is 19.5 Å². The van der Waals surface area contributed by atoms with Crippen LogP contribution in [0.15, 0.2) is 34.2 Å². The van der Waals surface area contributed by atoms with Gasteiger partial charge in [0.15, 0.2) is 22.5 Å². The number of nitrogens with one attached hydrogen (secondary N) is 1. The number of rotatable bonds is 6. The van der Waals surface area contributed by atoms with Gasteiger partial charge in [-0.05, 0) is 5.56 Å². The normalized spacial score (nSPS) is 23.5. The fourth-order valence-corrected chi connectivity index (χ4v) is 4.24. The van der Waals surface area contributed by atoms with Gasteiger partial charge in [-0.15, -0.1) is 0 Å². The summed E-state index contributed by atoms with van der Waals surface area (Å²) in [5.74, 6) is 0.154. The van der Waals surface area contributed by atoms with E-state index in [9.17, 15) is 30.2 Å². The van der Waals surface area contributed by atoms with Crippen molar-refractivity contribution in [2.45, 2.75) is 35.4 Å². The van der Waals surface area contributed by atoms with Gasteiger partial charge in [0.2, 0.25) is 5.95 Å². The minimum absolute atomic E-state index is 0.0429. The topological polar surface area (TPSA) is 203 Å². The number of nitro groups is 1. The monoisotopic (exact) mass is 450 g/mol. The fourth-order valence-electron chi connectivity index (χ4n) is 3.27. The summed E-state index contributed by atoms with van der Waals surface area (Å²) in [5.41, 5.74) is 5.77.